The van der Waals surface area contributed by atoms with Gasteiger partial charge in [0, 0.05) is 19.0 Å². The summed E-state index contributed by atoms with van der Waals surface area (Å²) in [6.07, 6.45) is 10.3. The number of hydrogen-bond acceptors (Lipinski definition) is 6. The van der Waals surface area contributed by atoms with Crippen LogP contribution >= 0.6 is 0 Å². The van der Waals surface area contributed by atoms with E-state index in [1.54, 1.807) is 6.34 Å². The summed E-state index contributed by atoms with van der Waals surface area (Å²) in [5.41, 5.74) is 0.406. The van der Waals surface area contributed by atoms with Crippen LogP contribution in [0.2, 0.25) is 0 Å². The Morgan fingerprint density at radius 3 is 2.50 bits per heavy atom. The van der Waals surface area contributed by atoms with E-state index in [1.165, 1.54) is 44.9 Å². The van der Waals surface area contributed by atoms with Crippen molar-refractivity contribution in [3.8, 4) is 0 Å². The first-order chi connectivity index (χ1) is 13.2. The molecule has 0 spiro atoms. The number of aliphatic imine (C=N–C) groups is 2. The van der Waals surface area contributed by atoms with Gasteiger partial charge in [-0.2, -0.15) is 0 Å². The van der Waals surface area contributed by atoms with E-state index in [0.717, 1.165) is 19.4 Å². The monoisotopic (exact) mass is 397 g/mol. The first kappa shape index (κ1) is 26.4. The van der Waals surface area contributed by atoms with Crippen LogP contribution in [0.1, 0.15) is 86.5 Å². The smallest absolute Gasteiger partial charge is 0.300 e. The van der Waals surface area contributed by atoms with Crippen molar-refractivity contribution in [3.63, 3.8) is 0 Å². The molecule has 0 amide bonds. The zero-order valence-electron chi connectivity index (χ0n) is 18.8. The zero-order valence-corrected chi connectivity index (χ0v) is 18.8. The van der Waals surface area contributed by atoms with Gasteiger partial charge in [-0.25, -0.2) is 4.99 Å². The Labute approximate surface area is 171 Å². The standard InChI is InChI=1S/C19H39N5.C2H4O2/c1-6-9-17(24-18-22-14-20-15-23-18)11-13-19(4,5)12-8-10-16(3)21-7-2;1-2(3)4/h14,16-17,21H,6-13,15H2,1-5H3,(H2,20,22,23,24);1H3,(H,3,4). The predicted octanol–water partition coefficient (Wildman–Crippen LogP) is 3.76. The molecule has 7 heteroatoms. The molecule has 4 N–H and O–H groups in total. The number of aliphatic carboxylic acids is 1. The van der Waals surface area contributed by atoms with Crippen molar-refractivity contribution in [2.45, 2.75) is 98.6 Å². The number of nitrogens with one attached hydrogen (secondary N) is 3. The minimum Gasteiger partial charge on any atom is -0.481 e. The van der Waals surface area contributed by atoms with Gasteiger partial charge in [0.05, 0.1) is 0 Å². The van der Waals surface area contributed by atoms with Gasteiger partial charge in [0.2, 0.25) is 0 Å². The van der Waals surface area contributed by atoms with Crippen LogP contribution in [0.4, 0.5) is 0 Å². The molecule has 0 saturated carbocycles. The van der Waals surface area contributed by atoms with Gasteiger partial charge in [0.15, 0.2) is 5.96 Å². The summed E-state index contributed by atoms with van der Waals surface area (Å²) in [7, 11) is 0. The summed E-state index contributed by atoms with van der Waals surface area (Å²) in [5.74, 6) is 0.0423. The topological polar surface area (TPSA) is 98.1 Å². The SMILES string of the molecule is CC(=O)O.CCCC(CCC(C)(C)CCCC(C)NCC)NC1=NC=NCN1. The molecule has 2 unspecified atom stereocenters. The van der Waals surface area contributed by atoms with Crippen molar-refractivity contribution in [1.29, 1.82) is 0 Å². The molecule has 0 bridgehead atoms. The number of guanidine groups is 1. The second-order valence-electron chi connectivity index (χ2n) is 8.31. The van der Waals surface area contributed by atoms with Crippen LogP contribution in [0.15, 0.2) is 9.98 Å². The fourth-order valence-electron chi connectivity index (χ4n) is 3.25. The molecule has 1 rings (SSSR count). The van der Waals surface area contributed by atoms with Crippen LogP contribution in [0.3, 0.4) is 0 Å². The molecule has 0 radical (unpaired) electrons. The molecule has 0 aromatic carbocycles. The lowest BCUT2D eigenvalue weighted by molar-refractivity contribution is -0.134. The third kappa shape index (κ3) is 15.4. The number of hydrogen-bond donors (Lipinski definition) is 4. The lowest BCUT2D eigenvalue weighted by atomic mass is 9.81. The molecule has 1 aliphatic rings. The highest BCUT2D eigenvalue weighted by atomic mass is 16.4. The van der Waals surface area contributed by atoms with E-state index in [4.69, 9.17) is 9.90 Å². The molecule has 1 heterocycles. The number of rotatable bonds is 12. The van der Waals surface area contributed by atoms with E-state index >= 15 is 0 Å². The number of carbonyl (C=O) groups is 1. The molecule has 0 aromatic rings. The van der Waals surface area contributed by atoms with Crippen molar-refractivity contribution < 1.29 is 9.90 Å². The van der Waals surface area contributed by atoms with Gasteiger partial charge in [-0.15, -0.1) is 0 Å². The summed E-state index contributed by atoms with van der Waals surface area (Å²) in [4.78, 5) is 17.3. The van der Waals surface area contributed by atoms with Crippen LogP contribution < -0.4 is 16.0 Å². The largest absolute Gasteiger partial charge is 0.481 e. The Kier molecular flexibility index (Phi) is 14.4. The normalized spacial score (nSPS) is 15.6. The summed E-state index contributed by atoms with van der Waals surface area (Å²) >= 11 is 0. The van der Waals surface area contributed by atoms with Gasteiger partial charge in [-0.1, -0.05) is 40.5 Å². The summed E-state index contributed by atoms with van der Waals surface area (Å²) in [6.45, 7) is 14.3. The van der Waals surface area contributed by atoms with Crippen LogP contribution in [-0.4, -0.2) is 48.7 Å². The fourth-order valence-corrected chi connectivity index (χ4v) is 3.25. The van der Waals surface area contributed by atoms with Crippen molar-refractivity contribution in [2.75, 3.05) is 13.2 Å². The molecule has 0 saturated heterocycles. The van der Waals surface area contributed by atoms with Crippen LogP contribution in [0.25, 0.3) is 0 Å². The quantitative estimate of drug-likeness (QED) is 0.402. The molecule has 2 atom stereocenters. The summed E-state index contributed by atoms with van der Waals surface area (Å²) < 4.78 is 0. The molecule has 0 fully saturated rings. The Morgan fingerprint density at radius 2 is 1.96 bits per heavy atom. The van der Waals surface area contributed by atoms with Crippen molar-refractivity contribution in [2.24, 2.45) is 15.4 Å². The third-order valence-electron chi connectivity index (χ3n) is 4.80. The van der Waals surface area contributed by atoms with E-state index in [9.17, 15) is 0 Å². The minimum atomic E-state index is -0.833. The first-order valence-corrected chi connectivity index (χ1v) is 10.7. The van der Waals surface area contributed by atoms with E-state index in [0.29, 0.717) is 24.2 Å². The van der Waals surface area contributed by atoms with E-state index in [-0.39, 0.29) is 0 Å². The van der Waals surface area contributed by atoms with Gasteiger partial charge in [0.1, 0.15) is 13.0 Å². The molecule has 7 nitrogen and oxygen atoms in total. The van der Waals surface area contributed by atoms with Crippen LogP contribution in [0, 0.1) is 5.41 Å². The molecular formula is C21H43N5O2. The molecule has 0 aromatic heterocycles. The van der Waals surface area contributed by atoms with Crippen LogP contribution in [0.5, 0.6) is 0 Å². The van der Waals surface area contributed by atoms with Gasteiger partial charge in [0.25, 0.3) is 5.97 Å². The number of carboxylic acid groups (broad SMARTS) is 1. The lowest BCUT2D eigenvalue weighted by Gasteiger charge is -2.29. The maximum atomic E-state index is 9.00. The van der Waals surface area contributed by atoms with Gasteiger partial charge < -0.3 is 21.1 Å². The average molecular weight is 398 g/mol. The first-order valence-electron chi connectivity index (χ1n) is 10.7. The van der Waals surface area contributed by atoms with Crippen molar-refractivity contribution in [3.05, 3.63) is 0 Å². The van der Waals surface area contributed by atoms with Crippen molar-refractivity contribution >= 4 is 18.3 Å². The molecule has 28 heavy (non-hydrogen) atoms. The second-order valence-corrected chi connectivity index (χ2v) is 8.31. The van der Waals surface area contributed by atoms with Gasteiger partial charge in [-0.05, 0) is 51.0 Å². The average Bonchev–Trinajstić information content (AvgIpc) is 2.60. The van der Waals surface area contributed by atoms with Crippen molar-refractivity contribution in [1.82, 2.24) is 16.0 Å². The second kappa shape index (κ2) is 15.3. The Bertz CT molecular complexity index is 473. The van der Waals surface area contributed by atoms with E-state index < -0.39 is 5.97 Å². The number of carboxylic acids is 1. The van der Waals surface area contributed by atoms with Gasteiger partial charge in [-0.3, -0.25) is 9.79 Å². The highest BCUT2D eigenvalue weighted by Crippen LogP contribution is 2.30. The molecular weight excluding hydrogens is 354 g/mol. The van der Waals surface area contributed by atoms with E-state index in [1.807, 2.05) is 0 Å². The van der Waals surface area contributed by atoms with E-state index in [2.05, 4.69) is 60.6 Å². The Hall–Kier alpha value is -1.63. The summed E-state index contributed by atoms with van der Waals surface area (Å²) in [5, 5.41) is 17.7. The summed E-state index contributed by atoms with van der Waals surface area (Å²) in [6, 6.07) is 1.13. The highest BCUT2D eigenvalue weighted by molar-refractivity contribution is 5.88. The fraction of sp³-hybridized carbons (Fsp3) is 0.857. The molecule has 164 valence electrons. The van der Waals surface area contributed by atoms with Crippen LogP contribution in [-0.2, 0) is 4.79 Å². The minimum absolute atomic E-state index is 0.406. The third-order valence-corrected chi connectivity index (χ3v) is 4.80. The maximum Gasteiger partial charge on any atom is 0.300 e. The van der Waals surface area contributed by atoms with Gasteiger partial charge >= 0.3 is 0 Å². The Morgan fingerprint density at radius 1 is 1.29 bits per heavy atom. The Balaban J connectivity index is 0.00000165. The maximum absolute atomic E-state index is 9.00. The number of nitrogens with zero attached hydrogens (tertiary/aromatic N) is 2. The predicted molar refractivity (Wildman–Crippen MR) is 119 cm³/mol. The zero-order chi connectivity index (χ0) is 21.4. The highest BCUT2D eigenvalue weighted by Gasteiger charge is 2.21. The molecule has 0 aliphatic carbocycles. The lowest BCUT2D eigenvalue weighted by Crippen LogP contribution is -2.45. The molecule has 1 aliphatic heterocycles.